The lowest BCUT2D eigenvalue weighted by atomic mass is 10.4. The Bertz CT molecular complexity index is 167. The Hall–Kier alpha value is -1.10. The third-order valence-electron chi connectivity index (χ3n) is 2.47. The van der Waals surface area contributed by atoms with Crippen LogP contribution in [0.15, 0.2) is 0 Å². The summed E-state index contributed by atoms with van der Waals surface area (Å²) in [6.45, 7) is 10.5. The zero-order valence-corrected chi connectivity index (χ0v) is 9.28. The third kappa shape index (κ3) is 7.54. The van der Waals surface area contributed by atoms with Gasteiger partial charge in [0, 0.05) is 0 Å². The maximum Gasteiger partial charge on any atom is 0.414 e. The Balaban J connectivity index is 0. The number of rotatable bonds is 3. The van der Waals surface area contributed by atoms with Crippen LogP contribution in [0.2, 0.25) is 0 Å². The van der Waals surface area contributed by atoms with Gasteiger partial charge in [-0.25, -0.2) is 9.59 Å². The van der Waals surface area contributed by atoms with Gasteiger partial charge in [-0.05, 0) is 20.8 Å². The zero-order valence-electron chi connectivity index (χ0n) is 9.28. The molecule has 0 spiro atoms. The lowest BCUT2D eigenvalue weighted by molar-refractivity contribution is -0.904. The van der Waals surface area contributed by atoms with Crippen LogP contribution in [0.25, 0.3) is 0 Å². The zero-order chi connectivity index (χ0) is 11.8. The van der Waals surface area contributed by atoms with Crippen LogP contribution in [0, 0.1) is 0 Å². The largest absolute Gasteiger partial charge is 0.473 e. The van der Waals surface area contributed by atoms with Crippen LogP contribution in [-0.2, 0) is 9.59 Å². The van der Waals surface area contributed by atoms with Crippen LogP contribution in [0.4, 0.5) is 0 Å². The number of carbonyl (C=O) groups is 2. The summed E-state index contributed by atoms with van der Waals surface area (Å²) in [6, 6.07) is 0. The minimum Gasteiger partial charge on any atom is -0.473 e. The van der Waals surface area contributed by atoms with Crippen molar-refractivity contribution in [2.45, 2.75) is 20.8 Å². The molecule has 14 heavy (non-hydrogen) atoms. The van der Waals surface area contributed by atoms with Gasteiger partial charge in [0.15, 0.2) is 0 Å². The molecule has 5 heteroatoms. The second-order valence-electron chi connectivity index (χ2n) is 3.18. The predicted molar refractivity (Wildman–Crippen MR) is 53.1 cm³/mol. The molecule has 0 aliphatic heterocycles. The Morgan fingerprint density at radius 1 is 0.929 bits per heavy atom. The molecular formula is C9H20NO4+. The molecule has 0 heterocycles. The number of aliphatic carboxylic acids is 2. The van der Waals surface area contributed by atoms with E-state index in [0.717, 1.165) is 0 Å². The predicted octanol–water partition coefficient (Wildman–Crippen LogP) is 0.648. The number of nitrogens with zero attached hydrogens (tertiary/aromatic N) is 1. The number of quaternary nitrogens is 1. The van der Waals surface area contributed by atoms with Gasteiger partial charge in [-0.3, -0.25) is 0 Å². The van der Waals surface area contributed by atoms with Gasteiger partial charge in [-0.2, -0.15) is 0 Å². The van der Waals surface area contributed by atoms with Crippen molar-refractivity contribution >= 4 is 11.9 Å². The summed E-state index contributed by atoms with van der Waals surface area (Å²) in [4.78, 5) is 18.2. The van der Waals surface area contributed by atoms with Gasteiger partial charge in [0.25, 0.3) is 0 Å². The van der Waals surface area contributed by atoms with Gasteiger partial charge in [0.2, 0.25) is 0 Å². The maximum atomic E-state index is 9.10. The van der Waals surface area contributed by atoms with Crippen molar-refractivity contribution < 1.29 is 24.3 Å². The van der Waals surface area contributed by atoms with E-state index in [4.69, 9.17) is 19.8 Å². The van der Waals surface area contributed by atoms with E-state index in [1.165, 1.54) is 24.1 Å². The summed E-state index contributed by atoms with van der Waals surface area (Å²) in [7, 11) is 2.29. The van der Waals surface area contributed by atoms with Crippen molar-refractivity contribution in [3.8, 4) is 0 Å². The smallest absolute Gasteiger partial charge is 0.414 e. The number of carboxylic acids is 2. The Labute approximate surface area is 84.5 Å². The molecule has 0 saturated carbocycles. The molecule has 2 N–H and O–H groups in total. The highest BCUT2D eigenvalue weighted by Crippen LogP contribution is 1.97. The summed E-state index contributed by atoms with van der Waals surface area (Å²) in [6.07, 6.45) is 0. The summed E-state index contributed by atoms with van der Waals surface area (Å²) in [5, 5.41) is 14.8. The first-order valence-electron chi connectivity index (χ1n) is 4.62. The van der Waals surface area contributed by atoms with Crippen molar-refractivity contribution in [3.05, 3.63) is 0 Å². The Morgan fingerprint density at radius 2 is 1.14 bits per heavy atom. The van der Waals surface area contributed by atoms with Gasteiger partial charge >= 0.3 is 11.9 Å². The Morgan fingerprint density at radius 3 is 1.14 bits per heavy atom. The van der Waals surface area contributed by atoms with Crippen LogP contribution in [-0.4, -0.2) is 53.3 Å². The lowest BCUT2D eigenvalue weighted by Gasteiger charge is -2.30. The fourth-order valence-electron chi connectivity index (χ4n) is 0.671. The van der Waals surface area contributed by atoms with Crippen LogP contribution < -0.4 is 0 Å². The molecule has 0 bridgehead atoms. The van der Waals surface area contributed by atoms with Crippen molar-refractivity contribution in [3.63, 3.8) is 0 Å². The van der Waals surface area contributed by atoms with E-state index >= 15 is 0 Å². The van der Waals surface area contributed by atoms with Gasteiger partial charge in [0.05, 0.1) is 26.7 Å². The minimum atomic E-state index is -1.82. The van der Waals surface area contributed by atoms with Crippen LogP contribution in [0.1, 0.15) is 20.8 Å². The first-order valence-corrected chi connectivity index (χ1v) is 4.62. The van der Waals surface area contributed by atoms with E-state index < -0.39 is 11.9 Å². The third-order valence-corrected chi connectivity index (χ3v) is 2.47. The molecule has 0 rings (SSSR count). The van der Waals surface area contributed by atoms with E-state index in [9.17, 15) is 0 Å². The van der Waals surface area contributed by atoms with Crippen LogP contribution >= 0.6 is 0 Å². The Kier molecular flexibility index (Phi) is 8.04. The van der Waals surface area contributed by atoms with E-state index in [2.05, 4.69) is 27.8 Å². The van der Waals surface area contributed by atoms with Crippen molar-refractivity contribution in [1.82, 2.24) is 0 Å². The molecule has 0 atom stereocenters. The van der Waals surface area contributed by atoms with E-state index in [-0.39, 0.29) is 0 Å². The number of carboxylic acid groups (broad SMARTS) is 2. The van der Waals surface area contributed by atoms with Gasteiger partial charge < -0.3 is 14.7 Å². The van der Waals surface area contributed by atoms with E-state index in [0.29, 0.717) is 0 Å². The summed E-state index contributed by atoms with van der Waals surface area (Å²) < 4.78 is 1.21. The maximum absolute atomic E-state index is 9.10. The monoisotopic (exact) mass is 206 g/mol. The normalized spacial score (nSPS) is 10.0. The average molecular weight is 206 g/mol. The molecule has 0 aromatic rings. The van der Waals surface area contributed by atoms with E-state index in [1.807, 2.05) is 0 Å². The highest BCUT2D eigenvalue weighted by atomic mass is 16.4. The highest BCUT2D eigenvalue weighted by molar-refractivity contribution is 6.27. The molecule has 5 nitrogen and oxygen atoms in total. The van der Waals surface area contributed by atoms with Crippen LogP contribution in [0.3, 0.4) is 0 Å². The van der Waals surface area contributed by atoms with E-state index in [1.54, 1.807) is 0 Å². The quantitative estimate of drug-likeness (QED) is 0.525. The van der Waals surface area contributed by atoms with Gasteiger partial charge in [-0.15, -0.1) is 0 Å². The fraction of sp³-hybridized carbons (Fsp3) is 0.778. The molecule has 0 aromatic carbocycles. The molecule has 0 amide bonds. The van der Waals surface area contributed by atoms with Crippen molar-refractivity contribution in [1.29, 1.82) is 0 Å². The average Bonchev–Trinajstić information content (AvgIpc) is 2.17. The lowest BCUT2D eigenvalue weighted by Crippen LogP contribution is -2.42. The number of hydrogen-bond donors (Lipinski definition) is 2. The van der Waals surface area contributed by atoms with Gasteiger partial charge in [-0.1, -0.05) is 0 Å². The first-order chi connectivity index (χ1) is 6.32. The molecule has 0 aliphatic carbocycles. The SMILES string of the molecule is CC[N+](C)(CC)CC.O=C(O)C(=O)O. The molecule has 0 aromatic heterocycles. The molecule has 84 valence electrons. The molecule has 0 aliphatic rings. The fourth-order valence-corrected chi connectivity index (χ4v) is 0.671. The second kappa shape index (κ2) is 7.32. The summed E-state index contributed by atoms with van der Waals surface area (Å²) in [5.41, 5.74) is 0. The molecule has 0 fully saturated rings. The minimum absolute atomic E-state index is 1.21. The van der Waals surface area contributed by atoms with Crippen molar-refractivity contribution in [2.75, 3.05) is 26.7 Å². The highest BCUT2D eigenvalue weighted by Gasteiger charge is 2.10. The molecular weight excluding hydrogens is 186 g/mol. The van der Waals surface area contributed by atoms with Crippen molar-refractivity contribution in [2.24, 2.45) is 0 Å². The second-order valence-corrected chi connectivity index (χ2v) is 3.18. The molecule has 0 unspecified atom stereocenters. The summed E-state index contributed by atoms with van der Waals surface area (Å²) >= 11 is 0. The topological polar surface area (TPSA) is 74.6 Å². The molecule has 0 radical (unpaired) electrons. The molecule has 0 saturated heterocycles. The first kappa shape index (κ1) is 15.4. The summed E-state index contributed by atoms with van der Waals surface area (Å²) in [5.74, 6) is -3.65. The number of hydrogen-bond acceptors (Lipinski definition) is 2. The van der Waals surface area contributed by atoms with Crippen LogP contribution in [0.5, 0.6) is 0 Å². The van der Waals surface area contributed by atoms with Gasteiger partial charge in [0.1, 0.15) is 0 Å². The standard InChI is InChI=1S/C7H18N.C2H2O4/c1-5-8(4,6-2)7-3;3-1(4)2(5)6/h5-7H2,1-4H3;(H,3,4)(H,5,6)/q+1;.